The number of amides is 1. The molecule has 1 atom stereocenters. The van der Waals surface area contributed by atoms with Crippen LogP contribution in [0.4, 0.5) is 0 Å². The maximum absolute atomic E-state index is 12.3. The molecule has 2 fully saturated rings. The van der Waals surface area contributed by atoms with Crippen LogP contribution < -0.4 is 10.6 Å². The summed E-state index contributed by atoms with van der Waals surface area (Å²) < 4.78 is 5.06. The first kappa shape index (κ1) is 12.7. The average Bonchev–Trinajstić information content (AvgIpc) is 2.67. The van der Waals surface area contributed by atoms with Crippen molar-refractivity contribution < 1.29 is 9.32 Å². The number of rotatable bonds is 2. The fourth-order valence-electron chi connectivity index (χ4n) is 3.33. The van der Waals surface area contributed by atoms with Crippen molar-refractivity contribution >= 4 is 5.91 Å². The van der Waals surface area contributed by atoms with Crippen LogP contribution in [0, 0.1) is 13.8 Å². The van der Waals surface area contributed by atoms with E-state index in [1.165, 1.54) is 19.3 Å². The Kier molecular flexibility index (Phi) is 3.09. The minimum absolute atomic E-state index is 0.0439. The van der Waals surface area contributed by atoms with Gasteiger partial charge in [0.1, 0.15) is 11.3 Å². The SMILES string of the molecule is Cc1noc(C)c1C(=O)NC1CCNC2(CCC2)C1. The fourth-order valence-corrected chi connectivity index (χ4v) is 3.33. The Bertz CT molecular complexity index is 471. The van der Waals surface area contributed by atoms with E-state index in [4.69, 9.17) is 4.52 Å². The standard InChI is InChI=1S/C14H21N3O2/c1-9-12(10(2)19-17-9)13(18)16-11-4-7-15-14(8-11)5-3-6-14/h11,15H,3-8H2,1-2H3,(H,16,18). The summed E-state index contributed by atoms with van der Waals surface area (Å²) in [6.07, 6.45) is 5.83. The van der Waals surface area contributed by atoms with E-state index in [1.54, 1.807) is 13.8 Å². The molecule has 1 saturated carbocycles. The number of hydrogen-bond donors (Lipinski definition) is 2. The molecule has 2 N–H and O–H groups in total. The molecule has 1 aromatic heterocycles. The van der Waals surface area contributed by atoms with E-state index >= 15 is 0 Å². The maximum atomic E-state index is 12.3. The van der Waals surface area contributed by atoms with E-state index in [-0.39, 0.29) is 11.9 Å². The summed E-state index contributed by atoms with van der Waals surface area (Å²) in [5.41, 5.74) is 1.57. The molecular weight excluding hydrogens is 242 g/mol. The first-order valence-electron chi connectivity index (χ1n) is 7.08. The maximum Gasteiger partial charge on any atom is 0.257 e. The second-order valence-electron chi connectivity index (χ2n) is 5.92. The van der Waals surface area contributed by atoms with Gasteiger partial charge in [-0.3, -0.25) is 4.79 Å². The predicted octanol–water partition coefficient (Wildman–Crippen LogP) is 1.70. The van der Waals surface area contributed by atoms with E-state index < -0.39 is 0 Å². The molecule has 2 heterocycles. The van der Waals surface area contributed by atoms with E-state index in [9.17, 15) is 4.79 Å². The quantitative estimate of drug-likeness (QED) is 0.852. The topological polar surface area (TPSA) is 67.2 Å². The lowest BCUT2D eigenvalue weighted by atomic mass is 9.70. The minimum Gasteiger partial charge on any atom is -0.361 e. The third kappa shape index (κ3) is 2.27. The lowest BCUT2D eigenvalue weighted by Crippen LogP contribution is -2.59. The lowest BCUT2D eigenvalue weighted by molar-refractivity contribution is 0.0851. The highest BCUT2D eigenvalue weighted by Gasteiger charge is 2.41. The number of aromatic nitrogens is 1. The Balaban J connectivity index is 1.66. The van der Waals surface area contributed by atoms with Crippen LogP contribution in [0.5, 0.6) is 0 Å². The highest BCUT2D eigenvalue weighted by atomic mass is 16.5. The molecule has 1 aliphatic heterocycles. The number of nitrogens with one attached hydrogen (secondary N) is 2. The molecule has 0 bridgehead atoms. The minimum atomic E-state index is -0.0439. The Labute approximate surface area is 113 Å². The lowest BCUT2D eigenvalue weighted by Gasteiger charge is -2.48. The van der Waals surface area contributed by atoms with Gasteiger partial charge in [0.15, 0.2) is 0 Å². The first-order valence-corrected chi connectivity index (χ1v) is 7.08. The van der Waals surface area contributed by atoms with Crippen molar-refractivity contribution in [3.63, 3.8) is 0 Å². The number of carbonyl (C=O) groups is 1. The van der Waals surface area contributed by atoms with Crippen molar-refractivity contribution in [2.75, 3.05) is 6.54 Å². The number of nitrogens with zero attached hydrogens (tertiary/aromatic N) is 1. The van der Waals surface area contributed by atoms with E-state index in [0.717, 1.165) is 19.4 Å². The summed E-state index contributed by atoms with van der Waals surface area (Å²) in [4.78, 5) is 12.3. The van der Waals surface area contributed by atoms with Gasteiger partial charge in [0.05, 0.1) is 5.69 Å². The second kappa shape index (κ2) is 4.63. The number of aryl methyl sites for hydroxylation is 2. The van der Waals surface area contributed by atoms with Gasteiger partial charge in [0, 0.05) is 11.6 Å². The van der Waals surface area contributed by atoms with E-state index in [0.29, 0.717) is 22.6 Å². The van der Waals surface area contributed by atoms with E-state index in [2.05, 4.69) is 15.8 Å². The van der Waals surface area contributed by atoms with Crippen molar-refractivity contribution in [3.05, 3.63) is 17.0 Å². The van der Waals surface area contributed by atoms with Crippen LogP contribution in [-0.2, 0) is 0 Å². The summed E-state index contributed by atoms with van der Waals surface area (Å²) in [5, 5.41) is 10.6. The van der Waals surface area contributed by atoms with Crippen molar-refractivity contribution in [1.82, 2.24) is 15.8 Å². The predicted molar refractivity (Wildman–Crippen MR) is 71.0 cm³/mol. The second-order valence-corrected chi connectivity index (χ2v) is 5.92. The number of hydrogen-bond acceptors (Lipinski definition) is 4. The summed E-state index contributed by atoms with van der Waals surface area (Å²) in [6.45, 7) is 4.58. The zero-order valence-electron chi connectivity index (χ0n) is 11.6. The molecule has 5 nitrogen and oxygen atoms in total. The molecule has 1 aromatic rings. The Morgan fingerprint density at radius 1 is 1.47 bits per heavy atom. The van der Waals surface area contributed by atoms with Gasteiger partial charge >= 0.3 is 0 Å². The van der Waals surface area contributed by atoms with Gasteiger partial charge < -0.3 is 15.2 Å². The van der Waals surface area contributed by atoms with Gasteiger partial charge in [-0.2, -0.15) is 0 Å². The molecule has 2 aliphatic rings. The van der Waals surface area contributed by atoms with Gasteiger partial charge in [-0.25, -0.2) is 0 Å². The Hall–Kier alpha value is -1.36. The Morgan fingerprint density at radius 3 is 2.84 bits per heavy atom. The molecule has 104 valence electrons. The molecule has 19 heavy (non-hydrogen) atoms. The van der Waals surface area contributed by atoms with Crippen LogP contribution in [0.3, 0.4) is 0 Å². The van der Waals surface area contributed by atoms with Gasteiger partial charge in [0.2, 0.25) is 0 Å². The molecule has 3 rings (SSSR count). The van der Waals surface area contributed by atoms with Gasteiger partial charge in [0.25, 0.3) is 5.91 Å². The smallest absolute Gasteiger partial charge is 0.257 e. The molecule has 1 aliphatic carbocycles. The van der Waals surface area contributed by atoms with Crippen LogP contribution in [0.15, 0.2) is 4.52 Å². The summed E-state index contributed by atoms with van der Waals surface area (Å²) >= 11 is 0. The molecule has 1 saturated heterocycles. The van der Waals surface area contributed by atoms with Crippen LogP contribution in [0.2, 0.25) is 0 Å². The normalized spacial score (nSPS) is 25.1. The third-order valence-corrected chi connectivity index (χ3v) is 4.54. The van der Waals surface area contributed by atoms with E-state index in [1.807, 2.05) is 0 Å². The van der Waals surface area contributed by atoms with Gasteiger partial charge in [-0.05, 0) is 52.5 Å². The Morgan fingerprint density at radius 2 is 2.26 bits per heavy atom. The summed E-state index contributed by atoms with van der Waals surface area (Å²) in [7, 11) is 0. The average molecular weight is 263 g/mol. The van der Waals surface area contributed by atoms with Crippen molar-refractivity contribution in [2.45, 2.75) is 57.5 Å². The zero-order chi connectivity index (χ0) is 13.5. The summed E-state index contributed by atoms with van der Waals surface area (Å²) in [6, 6.07) is 0.266. The first-order chi connectivity index (χ1) is 9.10. The van der Waals surface area contributed by atoms with Crippen LogP contribution >= 0.6 is 0 Å². The number of piperidine rings is 1. The molecular formula is C14H21N3O2. The van der Waals surface area contributed by atoms with Crippen LogP contribution in [0.25, 0.3) is 0 Å². The fraction of sp³-hybridized carbons (Fsp3) is 0.714. The summed E-state index contributed by atoms with van der Waals surface area (Å²) in [5.74, 6) is 0.555. The van der Waals surface area contributed by atoms with Gasteiger partial charge in [-0.1, -0.05) is 5.16 Å². The number of carbonyl (C=O) groups excluding carboxylic acids is 1. The van der Waals surface area contributed by atoms with Crippen molar-refractivity contribution in [1.29, 1.82) is 0 Å². The highest BCUT2D eigenvalue weighted by Crippen LogP contribution is 2.38. The molecule has 0 aromatic carbocycles. The molecule has 0 radical (unpaired) electrons. The highest BCUT2D eigenvalue weighted by molar-refractivity contribution is 5.96. The van der Waals surface area contributed by atoms with Crippen LogP contribution in [-0.4, -0.2) is 29.2 Å². The third-order valence-electron chi connectivity index (χ3n) is 4.54. The van der Waals surface area contributed by atoms with Crippen molar-refractivity contribution in [2.24, 2.45) is 0 Å². The molecule has 1 unspecified atom stereocenters. The molecule has 1 spiro atoms. The zero-order valence-corrected chi connectivity index (χ0v) is 11.6. The monoisotopic (exact) mass is 263 g/mol. The molecule has 1 amide bonds. The van der Waals surface area contributed by atoms with Crippen LogP contribution in [0.1, 0.15) is 53.9 Å². The molecule has 5 heteroatoms. The van der Waals surface area contributed by atoms with Gasteiger partial charge in [-0.15, -0.1) is 0 Å². The van der Waals surface area contributed by atoms with Crippen molar-refractivity contribution in [3.8, 4) is 0 Å². The largest absolute Gasteiger partial charge is 0.361 e.